The molecule has 1 aliphatic rings. The van der Waals surface area contributed by atoms with Crippen LogP contribution in [0.4, 0.5) is 17.6 Å². The Morgan fingerprint density at radius 1 is 1.16 bits per heavy atom. The van der Waals surface area contributed by atoms with Gasteiger partial charge in [0.25, 0.3) is 0 Å². The van der Waals surface area contributed by atoms with Gasteiger partial charge in [-0.3, -0.25) is 4.68 Å². The summed E-state index contributed by atoms with van der Waals surface area (Å²) in [6, 6.07) is 0. The summed E-state index contributed by atoms with van der Waals surface area (Å²) in [5.74, 6) is -0.655. The second kappa shape index (κ2) is 7.26. The van der Waals surface area contributed by atoms with Crippen molar-refractivity contribution in [1.29, 1.82) is 0 Å². The molecule has 0 aliphatic carbocycles. The summed E-state index contributed by atoms with van der Waals surface area (Å²) in [4.78, 5) is 3.06. The number of fused-ring (bicyclic) bond motifs is 1. The Balaban J connectivity index is 1.62. The molecule has 0 aromatic carbocycles. The fourth-order valence-electron chi connectivity index (χ4n) is 4.23. The highest BCUT2D eigenvalue weighted by Crippen LogP contribution is 2.39. The molecule has 3 aromatic rings. The predicted octanol–water partition coefficient (Wildman–Crippen LogP) is 2.81. The molecule has 0 N–H and O–H groups in total. The lowest BCUT2D eigenvalue weighted by Gasteiger charge is -2.32. The van der Waals surface area contributed by atoms with Crippen LogP contribution in [-0.2, 0) is 23.2 Å². The normalized spacial score (nSPS) is 17.0. The first-order chi connectivity index (χ1) is 14.4. The number of rotatable bonds is 3. The molecule has 0 amide bonds. The van der Waals surface area contributed by atoms with Crippen LogP contribution < -0.4 is 0 Å². The second-order valence-corrected chi connectivity index (χ2v) is 9.49. The van der Waals surface area contributed by atoms with E-state index in [0.717, 1.165) is 11.4 Å². The van der Waals surface area contributed by atoms with E-state index >= 15 is 0 Å². The molecule has 4 heterocycles. The van der Waals surface area contributed by atoms with Gasteiger partial charge in [-0.1, -0.05) is 0 Å². The van der Waals surface area contributed by atoms with Crippen LogP contribution in [0.5, 0.6) is 0 Å². The van der Waals surface area contributed by atoms with Gasteiger partial charge in [0.1, 0.15) is 11.2 Å². The molecule has 168 valence electrons. The Morgan fingerprint density at radius 2 is 1.81 bits per heavy atom. The lowest BCUT2D eigenvalue weighted by molar-refractivity contribution is -0.146. The van der Waals surface area contributed by atoms with E-state index in [-0.39, 0.29) is 30.3 Å². The van der Waals surface area contributed by atoms with Crippen LogP contribution in [0.25, 0.3) is 5.65 Å². The number of sulfonamides is 1. The molecule has 1 aliphatic heterocycles. The molecule has 13 heteroatoms. The first-order valence-corrected chi connectivity index (χ1v) is 11.0. The number of hydrogen-bond acceptors (Lipinski definition) is 5. The van der Waals surface area contributed by atoms with E-state index in [0.29, 0.717) is 28.7 Å². The van der Waals surface area contributed by atoms with Crippen LogP contribution in [0.3, 0.4) is 0 Å². The van der Waals surface area contributed by atoms with Crippen molar-refractivity contribution < 1.29 is 26.0 Å². The molecule has 0 bridgehead atoms. The van der Waals surface area contributed by atoms with E-state index in [9.17, 15) is 26.0 Å². The summed E-state index contributed by atoms with van der Waals surface area (Å²) >= 11 is 0. The fraction of sp³-hybridized carbons (Fsp3) is 0.500. The lowest BCUT2D eigenvalue weighted by atomic mass is 9.88. The third kappa shape index (κ3) is 3.49. The smallest absolute Gasteiger partial charge is 0.262 e. The maximum absolute atomic E-state index is 14.6. The van der Waals surface area contributed by atoms with Crippen LogP contribution in [0, 0.1) is 19.7 Å². The summed E-state index contributed by atoms with van der Waals surface area (Å²) < 4.78 is 84.2. The molecule has 1 saturated heterocycles. The van der Waals surface area contributed by atoms with E-state index < -0.39 is 32.6 Å². The molecular weight excluding hydrogens is 440 g/mol. The lowest BCUT2D eigenvalue weighted by Crippen LogP contribution is -2.39. The molecule has 31 heavy (non-hydrogen) atoms. The molecule has 1 fully saturated rings. The van der Waals surface area contributed by atoms with Gasteiger partial charge >= 0.3 is 6.18 Å². The molecule has 0 unspecified atom stereocenters. The maximum Gasteiger partial charge on any atom is 0.434 e. The fourth-order valence-corrected chi connectivity index (χ4v) is 6.09. The standard InChI is InChI=1S/C18H20F4N6O2S/c1-10-13(8-28-17(14(10)19)23-9-24-28)12-4-6-27(7-5-12)31(29,30)15-11(2)25-26(3)16(15)18(20,21)22/h8-9,12H,4-7H2,1-3H3. The van der Waals surface area contributed by atoms with Gasteiger partial charge in [0.05, 0.1) is 5.69 Å². The second-order valence-electron chi connectivity index (χ2n) is 7.61. The molecule has 3 aromatic heterocycles. The quantitative estimate of drug-likeness (QED) is 0.561. The average molecular weight is 460 g/mol. The summed E-state index contributed by atoms with van der Waals surface area (Å²) in [6.45, 7) is 2.88. The van der Waals surface area contributed by atoms with Crippen LogP contribution in [0.2, 0.25) is 0 Å². The van der Waals surface area contributed by atoms with E-state index in [1.54, 1.807) is 13.1 Å². The number of pyridine rings is 1. The largest absolute Gasteiger partial charge is 0.434 e. The van der Waals surface area contributed by atoms with Crippen molar-refractivity contribution in [3.05, 3.63) is 40.9 Å². The number of hydrogen-bond donors (Lipinski definition) is 0. The van der Waals surface area contributed by atoms with Gasteiger partial charge in [-0.2, -0.15) is 27.7 Å². The summed E-state index contributed by atoms with van der Waals surface area (Å²) in [6.07, 6.45) is -1.28. The van der Waals surface area contributed by atoms with Crippen molar-refractivity contribution in [2.24, 2.45) is 7.05 Å². The Labute approximate surface area is 175 Å². The van der Waals surface area contributed by atoms with Crippen LogP contribution in [0.1, 0.15) is 41.3 Å². The third-order valence-electron chi connectivity index (χ3n) is 5.72. The van der Waals surface area contributed by atoms with Gasteiger partial charge in [-0.25, -0.2) is 22.3 Å². The summed E-state index contributed by atoms with van der Waals surface area (Å²) in [5, 5.41) is 7.64. The van der Waals surface area contributed by atoms with E-state index in [1.807, 2.05) is 0 Å². The monoisotopic (exact) mass is 460 g/mol. The molecule has 0 atom stereocenters. The summed E-state index contributed by atoms with van der Waals surface area (Å²) in [7, 11) is -3.34. The van der Waals surface area contributed by atoms with Gasteiger partial charge in [-0.05, 0) is 43.7 Å². The minimum Gasteiger partial charge on any atom is -0.262 e. The topological polar surface area (TPSA) is 85.4 Å². The highest BCUT2D eigenvalue weighted by molar-refractivity contribution is 7.89. The van der Waals surface area contributed by atoms with Crippen molar-refractivity contribution in [3.8, 4) is 0 Å². The van der Waals surface area contributed by atoms with E-state index in [4.69, 9.17) is 0 Å². The van der Waals surface area contributed by atoms with Gasteiger partial charge in [-0.15, -0.1) is 0 Å². The van der Waals surface area contributed by atoms with Gasteiger partial charge < -0.3 is 0 Å². The van der Waals surface area contributed by atoms with Crippen molar-refractivity contribution >= 4 is 15.7 Å². The zero-order chi connectivity index (χ0) is 22.7. The van der Waals surface area contributed by atoms with Crippen molar-refractivity contribution in [1.82, 2.24) is 28.7 Å². The first kappa shape index (κ1) is 21.7. The number of aromatic nitrogens is 5. The molecule has 0 radical (unpaired) electrons. The average Bonchev–Trinajstić information content (AvgIpc) is 3.28. The Hall–Kier alpha value is -2.54. The Morgan fingerprint density at radius 3 is 2.42 bits per heavy atom. The highest BCUT2D eigenvalue weighted by atomic mass is 32.2. The zero-order valence-electron chi connectivity index (χ0n) is 17.0. The number of aryl methyl sites for hydroxylation is 2. The van der Waals surface area contributed by atoms with Crippen molar-refractivity contribution in [2.45, 2.75) is 43.7 Å². The van der Waals surface area contributed by atoms with Gasteiger partial charge in [0.2, 0.25) is 10.0 Å². The molecule has 8 nitrogen and oxygen atoms in total. The number of alkyl halides is 3. The van der Waals surface area contributed by atoms with Crippen LogP contribution >= 0.6 is 0 Å². The van der Waals surface area contributed by atoms with E-state index in [1.165, 1.54) is 17.8 Å². The van der Waals surface area contributed by atoms with Crippen molar-refractivity contribution in [3.63, 3.8) is 0 Å². The predicted molar refractivity (Wildman–Crippen MR) is 101 cm³/mol. The molecular formula is C18H20F4N6O2S. The van der Waals surface area contributed by atoms with Gasteiger partial charge in [0, 0.05) is 26.3 Å². The third-order valence-corrected chi connectivity index (χ3v) is 7.77. The Bertz CT molecular complexity index is 1260. The molecule has 0 saturated carbocycles. The maximum atomic E-state index is 14.6. The molecule has 0 spiro atoms. The number of piperidine rings is 1. The minimum absolute atomic E-state index is 0.00901. The molecule has 4 rings (SSSR count). The van der Waals surface area contributed by atoms with Gasteiger partial charge in [0.15, 0.2) is 17.2 Å². The minimum atomic E-state index is -4.86. The zero-order valence-corrected chi connectivity index (χ0v) is 17.8. The number of halogens is 4. The van der Waals surface area contributed by atoms with Crippen molar-refractivity contribution in [2.75, 3.05) is 13.1 Å². The summed E-state index contributed by atoms with van der Waals surface area (Å²) in [5.41, 5.74) is -0.300. The van der Waals surface area contributed by atoms with Crippen LogP contribution in [0.15, 0.2) is 17.4 Å². The first-order valence-electron chi connectivity index (χ1n) is 9.52. The van der Waals surface area contributed by atoms with E-state index in [2.05, 4.69) is 15.2 Å². The Kier molecular flexibility index (Phi) is 5.08. The highest BCUT2D eigenvalue weighted by Gasteiger charge is 2.45. The number of nitrogens with zero attached hydrogens (tertiary/aromatic N) is 6. The SMILES string of the molecule is Cc1nn(C)c(C(F)(F)F)c1S(=O)(=O)N1CCC(c2cn3ncnc3c(F)c2C)CC1. The van der Waals surface area contributed by atoms with Crippen LogP contribution in [-0.4, -0.2) is 50.2 Å².